The Bertz CT molecular complexity index is 252. The largest absolute Gasteiger partial charge is 0.450 e. The third kappa shape index (κ3) is 2.33. The van der Waals surface area contributed by atoms with Gasteiger partial charge in [-0.15, -0.1) is 0 Å². The first kappa shape index (κ1) is 8.79. The van der Waals surface area contributed by atoms with Gasteiger partial charge >= 0.3 is 0 Å². The lowest BCUT2D eigenvalue weighted by Crippen LogP contribution is -1.81. The number of benzene rings is 1. The molecule has 1 atom stereocenters. The van der Waals surface area contributed by atoms with Gasteiger partial charge in [-0.05, 0) is 30.7 Å². The molecule has 1 unspecified atom stereocenters. The molecule has 0 fully saturated rings. The molecule has 0 heterocycles. The first-order valence-electron chi connectivity index (χ1n) is 3.06. The first-order valence-corrected chi connectivity index (χ1v) is 4.29. The zero-order chi connectivity index (χ0) is 8.27. The predicted molar refractivity (Wildman–Crippen MR) is 47.4 cm³/mol. The minimum Gasteiger partial charge on any atom is -0.450 e. The third-order valence-electron chi connectivity index (χ3n) is 1.29. The van der Waals surface area contributed by atoms with Crippen molar-refractivity contribution in [3.05, 3.63) is 28.8 Å². The molecule has 0 aromatic heterocycles. The molecule has 1 aromatic carbocycles. The number of hydrogen-bond acceptors (Lipinski definition) is 2. The molecule has 1 N–H and O–H groups in total. The third-order valence-corrected chi connectivity index (χ3v) is 1.84. The van der Waals surface area contributed by atoms with Gasteiger partial charge in [0.05, 0.1) is 0 Å². The van der Waals surface area contributed by atoms with Crippen LogP contribution in [0.25, 0.3) is 0 Å². The highest BCUT2D eigenvalue weighted by molar-refractivity contribution is 7.25. The van der Waals surface area contributed by atoms with E-state index in [2.05, 4.69) is 0 Å². The molecule has 0 radical (unpaired) electrons. The van der Waals surface area contributed by atoms with Gasteiger partial charge in [-0.2, -0.15) is 0 Å². The highest BCUT2D eigenvalue weighted by Gasteiger charge is 1.98. The minimum absolute atomic E-state index is 0.515. The SMILES string of the molecule is Cc1cc(Cl)ccc1OPO. The Morgan fingerprint density at radius 2 is 2.27 bits per heavy atom. The zero-order valence-electron chi connectivity index (χ0n) is 5.97. The molecular weight excluding hydrogens is 183 g/mol. The van der Waals surface area contributed by atoms with E-state index in [-0.39, 0.29) is 0 Å². The molecular formula is C7H8ClO2P. The summed E-state index contributed by atoms with van der Waals surface area (Å²) in [4.78, 5) is 8.49. The maximum absolute atomic E-state index is 8.49. The van der Waals surface area contributed by atoms with Crippen molar-refractivity contribution in [2.24, 2.45) is 0 Å². The van der Waals surface area contributed by atoms with Gasteiger partial charge in [0.1, 0.15) is 5.75 Å². The van der Waals surface area contributed by atoms with Crippen LogP contribution in [0.3, 0.4) is 0 Å². The molecule has 0 amide bonds. The van der Waals surface area contributed by atoms with Crippen LogP contribution >= 0.6 is 20.6 Å². The maximum Gasteiger partial charge on any atom is 0.212 e. The molecule has 4 heteroatoms. The zero-order valence-corrected chi connectivity index (χ0v) is 7.72. The summed E-state index contributed by atoms with van der Waals surface area (Å²) in [5, 5.41) is 0.677. The van der Waals surface area contributed by atoms with Crippen LogP contribution in [0, 0.1) is 6.92 Å². The number of rotatable bonds is 2. The number of aryl methyl sites for hydroxylation is 1. The average Bonchev–Trinajstić information content (AvgIpc) is 1.95. The second-order valence-corrected chi connectivity index (χ2v) is 2.93. The average molecular weight is 191 g/mol. The Labute approximate surface area is 72.1 Å². The van der Waals surface area contributed by atoms with E-state index in [1.165, 1.54) is 0 Å². The molecule has 2 nitrogen and oxygen atoms in total. The van der Waals surface area contributed by atoms with Crippen LogP contribution in [0.15, 0.2) is 18.2 Å². The first-order chi connectivity index (χ1) is 5.24. The summed E-state index contributed by atoms with van der Waals surface area (Å²) in [5.41, 5.74) is 0.930. The van der Waals surface area contributed by atoms with E-state index in [1.807, 2.05) is 6.92 Å². The second-order valence-electron chi connectivity index (χ2n) is 2.10. The molecule has 1 rings (SSSR count). The lowest BCUT2D eigenvalue weighted by atomic mass is 10.2. The van der Waals surface area contributed by atoms with E-state index in [0.29, 0.717) is 10.8 Å². The molecule has 0 saturated carbocycles. The van der Waals surface area contributed by atoms with Crippen LogP contribution in [0.4, 0.5) is 0 Å². The van der Waals surface area contributed by atoms with Gasteiger partial charge in [0.25, 0.3) is 0 Å². The van der Waals surface area contributed by atoms with E-state index < -0.39 is 9.03 Å². The van der Waals surface area contributed by atoms with Crippen molar-refractivity contribution in [2.75, 3.05) is 0 Å². The molecule has 0 aliphatic rings. The molecule has 0 bridgehead atoms. The van der Waals surface area contributed by atoms with E-state index in [1.54, 1.807) is 18.2 Å². The van der Waals surface area contributed by atoms with Crippen LogP contribution in [0.5, 0.6) is 5.75 Å². The molecule has 0 aliphatic heterocycles. The molecule has 60 valence electrons. The summed E-state index contributed by atoms with van der Waals surface area (Å²) in [6.07, 6.45) is 0. The van der Waals surface area contributed by atoms with Crippen LogP contribution < -0.4 is 4.52 Å². The van der Waals surface area contributed by atoms with Crippen molar-refractivity contribution >= 4 is 20.6 Å². The van der Waals surface area contributed by atoms with Gasteiger partial charge in [-0.3, -0.25) is 0 Å². The summed E-state index contributed by atoms with van der Waals surface area (Å²) < 4.78 is 4.92. The Morgan fingerprint density at radius 3 is 2.82 bits per heavy atom. The Morgan fingerprint density at radius 1 is 1.55 bits per heavy atom. The highest BCUT2D eigenvalue weighted by Crippen LogP contribution is 2.25. The lowest BCUT2D eigenvalue weighted by molar-refractivity contribution is 0.512. The van der Waals surface area contributed by atoms with Gasteiger partial charge in [0.15, 0.2) is 0 Å². The fourth-order valence-electron chi connectivity index (χ4n) is 0.777. The Kier molecular flexibility index (Phi) is 3.13. The fraction of sp³-hybridized carbons (Fsp3) is 0.143. The van der Waals surface area contributed by atoms with Crippen molar-refractivity contribution in [1.29, 1.82) is 0 Å². The molecule has 0 saturated heterocycles. The van der Waals surface area contributed by atoms with Crippen LogP contribution in [0.2, 0.25) is 5.02 Å². The van der Waals surface area contributed by atoms with Gasteiger partial charge in [0.2, 0.25) is 9.03 Å². The summed E-state index contributed by atoms with van der Waals surface area (Å²) in [6.45, 7) is 1.88. The van der Waals surface area contributed by atoms with Crippen molar-refractivity contribution < 1.29 is 9.42 Å². The van der Waals surface area contributed by atoms with Crippen molar-refractivity contribution in [1.82, 2.24) is 0 Å². The number of halogens is 1. The van der Waals surface area contributed by atoms with E-state index >= 15 is 0 Å². The molecule has 0 aliphatic carbocycles. The summed E-state index contributed by atoms with van der Waals surface area (Å²) in [6, 6.07) is 5.25. The summed E-state index contributed by atoms with van der Waals surface area (Å²) in [5.74, 6) is 0.676. The van der Waals surface area contributed by atoms with E-state index in [4.69, 9.17) is 21.0 Å². The van der Waals surface area contributed by atoms with E-state index in [9.17, 15) is 0 Å². The van der Waals surface area contributed by atoms with Gasteiger partial charge < -0.3 is 9.42 Å². The standard InChI is InChI=1S/C7H8ClO2P/c1-5-4-6(8)2-3-7(5)10-11-9/h2-4,9,11H,1H3. The molecule has 1 aromatic rings. The summed E-state index contributed by atoms with van der Waals surface area (Å²) >= 11 is 5.70. The normalized spacial score (nSPS) is 10.8. The van der Waals surface area contributed by atoms with Gasteiger partial charge in [0, 0.05) is 5.02 Å². The fourth-order valence-corrected chi connectivity index (χ4v) is 1.33. The van der Waals surface area contributed by atoms with Crippen LogP contribution in [-0.2, 0) is 0 Å². The van der Waals surface area contributed by atoms with Crippen LogP contribution in [-0.4, -0.2) is 4.89 Å². The monoisotopic (exact) mass is 190 g/mol. The van der Waals surface area contributed by atoms with Crippen molar-refractivity contribution in [2.45, 2.75) is 6.92 Å². The van der Waals surface area contributed by atoms with Crippen molar-refractivity contribution in [3.8, 4) is 5.75 Å². The topological polar surface area (TPSA) is 29.5 Å². The predicted octanol–water partition coefficient (Wildman–Crippen LogP) is 2.53. The van der Waals surface area contributed by atoms with Gasteiger partial charge in [-0.1, -0.05) is 11.6 Å². The van der Waals surface area contributed by atoms with Crippen LogP contribution in [0.1, 0.15) is 5.56 Å². The molecule has 0 spiro atoms. The Balaban J connectivity index is 2.90. The number of hydrogen-bond donors (Lipinski definition) is 1. The van der Waals surface area contributed by atoms with Crippen molar-refractivity contribution in [3.63, 3.8) is 0 Å². The molecule has 11 heavy (non-hydrogen) atoms. The quantitative estimate of drug-likeness (QED) is 0.727. The minimum atomic E-state index is -0.515. The Hall–Kier alpha value is -0.300. The highest BCUT2D eigenvalue weighted by atomic mass is 35.5. The second kappa shape index (κ2) is 3.91. The smallest absolute Gasteiger partial charge is 0.212 e. The maximum atomic E-state index is 8.49. The summed E-state index contributed by atoms with van der Waals surface area (Å²) in [7, 11) is -0.515. The lowest BCUT2D eigenvalue weighted by Gasteiger charge is -2.04. The van der Waals surface area contributed by atoms with Gasteiger partial charge in [-0.25, -0.2) is 0 Å². The van der Waals surface area contributed by atoms with E-state index in [0.717, 1.165) is 5.56 Å².